The molecule has 0 amide bonds. The van der Waals surface area contributed by atoms with Gasteiger partial charge in [0.05, 0.1) is 0 Å². The standard InChI is InChI=1S/C15H17BrFNS/c1-18-9-12(7-15-8-13(16)10-19-15)6-11-2-4-14(17)5-3-11/h2-5,8,10,12,18H,6-7,9H2,1H3. The van der Waals surface area contributed by atoms with E-state index in [1.54, 1.807) is 11.3 Å². The van der Waals surface area contributed by atoms with E-state index in [1.165, 1.54) is 22.6 Å². The van der Waals surface area contributed by atoms with Crippen molar-refractivity contribution in [3.8, 4) is 0 Å². The van der Waals surface area contributed by atoms with Gasteiger partial charge in [-0.05, 0) is 72.0 Å². The van der Waals surface area contributed by atoms with Crippen LogP contribution in [0.4, 0.5) is 4.39 Å². The van der Waals surface area contributed by atoms with E-state index >= 15 is 0 Å². The van der Waals surface area contributed by atoms with Gasteiger partial charge >= 0.3 is 0 Å². The third-order valence-corrected chi connectivity index (χ3v) is 4.76. The van der Waals surface area contributed by atoms with Crippen molar-refractivity contribution in [3.05, 3.63) is 56.4 Å². The topological polar surface area (TPSA) is 12.0 Å². The molecule has 0 spiro atoms. The van der Waals surface area contributed by atoms with Crippen LogP contribution in [-0.2, 0) is 12.8 Å². The highest BCUT2D eigenvalue weighted by molar-refractivity contribution is 9.10. The maximum absolute atomic E-state index is 12.9. The minimum absolute atomic E-state index is 0.170. The Kier molecular flexibility index (Phi) is 5.55. The summed E-state index contributed by atoms with van der Waals surface area (Å²) in [6.45, 7) is 0.965. The fourth-order valence-electron chi connectivity index (χ4n) is 2.20. The van der Waals surface area contributed by atoms with Gasteiger partial charge in [0.1, 0.15) is 5.82 Å². The Balaban J connectivity index is 2.01. The number of hydrogen-bond donors (Lipinski definition) is 1. The molecule has 2 aromatic rings. The molecule has 0 radical (unpaired) electrons. The Bertz CT molecular complexity index is 509. The molecule has 1 heterocycles. The van der Waals surface area contributed by atoms with Crippen molar-refractivity contribution in [2.24, 2.45) is 5.92 Å². The van der Waals surface area contributed by atoms with E-state index in [2.05, 4.69) is 32.7 Å². The van der Waals surface area contributed by atoms with Gasteiger partial charge in [0.2, 0.25) is 0 Å². The molecule has 0 aliphatic rings. The van der Waals surface area contributed by atoms with Crippen LogP contribution in [0.15, 0.2) is 40.2 Å². The first-order valence-corrected chi connectivity index (χ1v) is 7.96. The molecule has 1 aromatic heterocycles. The number of halogens is 2. The van der Waals surface area contributed by atoms with E-state index in [1.807, 2.05) is 19.2 Å². The van der Waals surface area contributed by atoms with E-state index < -0.39 is 0 Å². The second-order valence-corrected chi connectivity index (χ2v) is 6.60. The Hall–Kier alpha value is -0.710. The lowest BCUT2D eigenvalue weighted by Gasteiger charge is -2.15. The lowest BCUT2D eigenvalue weighted by atomic mass is 9.95. The summed E-state index contributed by atoms with van der Waals surface area (Å²) in [5, 5.41) is 5.36. The van der Waals surface area contributed by atoms with Crippen LogP contribution in [-0.4, -0.2) is 13.6 Å². The van der Waals surface area contributed by atoms with Crippen LogP contribution >= 0.6 is 27.3 Å². The van der Waals surface area contributed by atoms with Gasteiger partial charge in [0.25, 0.3) is 0 Å². The minimum atomic E-state index is -0.170. The molecule has 102 valence electrons. The van der Waals surface area contributed by atoms with Gasteiger partial charge in [-0.3, -0.25) is 0 Å². The van der Waals surface area contributed by atoms with Crippen molar-refractivity contribution < 1.29 is 4.39 Å². The van der Waals surface area contributed by atoms with Gasteiger partial charge in [-0.15, -0.1) is 11.3 Å². The zero-order chi connectivity index (χ0) is 13.7. The zero-order valence-electron chi connectivity index (χ0n) is 10.8. The smallest absolute Gasteiger partial charge is 0.123 e. The molecule has 1 N–H and O–H groups in total. The Morgan fingerprint density at radius 3 is 2.58 bits per heavy atom. The summed E-state index contributed by atoms with van der Waals surface area (Å²) in [6.07, 6.45) is 2.02. The molecule has 4 heteroatoms. The highest BCUT2D eigenvalue weighted by atomic mass is 79.9. The molecule has 1 atom stereocenters. The Morgan fingerprint density at radius 1 is 1.26 bits per heavy atom. The molecule has 0 fully saturated rings. The third-order valence-electron chi connectivity index (χ3n) is 3.04. The van der Waals surface area contributed by atoms with Crippen LogP contribution in [0.1, 0.15) is 10.4 Å². The Labute approximate surface area is 126 Å². The fraction of sp³-hybridized carbons (Fsp3) is 0.333. The van der Waals surface area contributed by atoms with E-state index in [0.717, 1.165) is 23.9 Å². The number of thiophene rings is 1. The van der Waals surface area contributed by atoms with Gasteiger partial charge in [-0.1, -0.05) is 12.1 Å². The van der Waals surface area contributed by atoms with Crippen molar-refractivity contribution in [2.45, 2.75) is 12.8 Å². The van der Waals surface area contributed by atoms with Crippen LogP contribution in [0.25, 0.3) is 0 Å². The van der Waals surface area contributed by atoms with Crippen LogP contribution in [0.2, 0.25) is 0 Å². The summed E-state index contributed by atoms with van der Waals surface area (Å²) in [5.74, 6) is 0.358. The van der Waals surface area contributed by atoms with Crippen LogP contribution < -0.4 is 5.32 Å². The molecule has 0 saturated heterocycles. The molecule has 0 saturated carbocycles. The van der Waals surface area contributed by atoms with E-state index in [9.17, 15) is 4.39 Å². The second kappa shape index (κ2) is 7.17. The zero-order valence-corrected chi connectivity index (χ0v) is 13.2. The SMILES string of the molecule is CNCC(Cc1ccc(F)cc1)Cc1cc(Br)cs1. The number of nitrogens with one attached hydrogen (secondary N) is 1. The summed E-state index contributed by atoms with van der Waals surface area (Å²) >= 11 is 5.27. The van der Waals surface area contributed by atoms with Crippen LogP contribution in [0.3, 0.4) is 0 Å². The van der Waals surface area contributed by atoms with Crippen LogP contribution in [0.5, 0.6) is 0 Å². The van der Waals surface area contributed by atoms with E-state index in [4.69, 9.17) is 0 Å². The first-order valence-electron chi connectivity index (χ1n) is 6.29. The number of benzene rings is 1. The summed E-state index contributed by atoms with van der Waals surface area (Å²) in [7, 11) is 1.97. The molecular formula is C15H17BrFNS. The average Bonchev–Trinajstić information content (AvgIpc) is 2.78. The maximum Gasteiger partial charge on any atom is 0.123 e. The number of rotatable bonds is 6. The maximum atomic E-state index is 12.9. The van der Waals surface area contributed by atoms with Gasteiger partial charge in [0, 0.05) is 14.7 Å². The van der Waals surface area contributed by atoms with Gasteiger partial charge in [-0.2, -0.15) is 0 Å². The molecule has 0 aliphatic carbocycles. The highest BCUT2D eigenvalue weighted by Gasteiger charge is 2.11. The van der Waals surface area contributed by atoms with E-state index in [-0.39, 0.29) is 5.82 Å². The molecule has 19 heavy (non-hydrogen) atoms. The van der Waals surface area contributed by atoms with Crippen molar-refractivity contribution in [2.75, 3.05) is 13.6 Å². The molecule has 1 nitrogen and oxygen atoms in total. The fourth-order valence-corrected chi connectivity index (χ4v) is 3.77. The predicted octanol–water partition coefficient (Wildman–Crippen LogP) is 4.27. The monoisotopic (exact) mass is 341 g/mol. The van der Waals surface area contributed by atoms with E-state index in [0.29, 0.717) is 5.92 Å². The molecule has 0 bridgehead atoms. The van der Waals surface area contributed by atoms with Crippen molar-refractivity contribution in [3.63, 3.8) is 0 Å². The van der Waals surface area contributed by atoms with Crippen molar-refractivity contribution >= 4 is 27.3 Å². The largest absolute Gasteiger partial charge is 0.319 e. The van der Waals surface area contributed by atoms with Gasteiger partial charge < -0.3 is 5.32 Å². The molecular weight excluding hydrogens is 325 g/mol. The van der Waals surface area contributed by atoms with Crippen molar-refractivity contribution in [1.82, 2.24) is 5.32 Å². The molecule has 1 unspecified atom stereocenters. The normalized spacial score (nSPS) is 12.6. The van der Waals surface area contributed by atoms with Gasteiger partial charge in [0.15, 0.2) is 0 Å². The average molecular weight is 342 g/mol. The lowest BCUT2D eigenvalue weighted by Crippen LogP contribution is -2.22. The van der Waals surface area contributed by atoms with Gasteiger partial charge in [-0.25, -0.2) is 4.39 Å². The third kappa shape index (κ3) is 4.71. The second-order valence-electron chi connectivity index (χ2n) is 4.69. The predicted molar refractivity (Wildman–Crippen MR) is 83.2 cm³/mol. The Morgan fingerprint density at radius 2 is 2.00 bits per heavy atom. The summed E-state index contributed by atoms with van der Waals surface area (Å²) in [4.78, 5) is 1.38. The lowest BCUT2D eigenvalue weighted by molar-refractivity contribution is 0.496. The molecule has 1 aromatic carbocycles. The highest BCUT2D eigenvalue weighted by Crippen LogP contribution is 2.23. The number of hydrogen-bond acceptors (Lipinski definition) is 2. The molecule has 0 aliphatic heterocycles. The molecule has 2 rings (SSSR count). The van der Waals surface area contributed by atoms with Crippen LogP contribution in [0, 0.1) is 11.7 Å². The first-order chi connectivity index (χ1) is 9.17. The summed E-state index contributed by atoms with van der Waals surface area (Å²) in [6, 6.07) is 9.00. The quantitative estimate of drug-likeness (QED) is 0.827. The summed E-state index contributed by atoms with van der Waals surface area (Å²) in [5.41, 5.74) is 1.19. The summed E-state index contributed by atoms with van der Waals surface area (Å²) < 4.78 is 14.1. The van der Waals surface area contributed by atoms with Crippen molar-refractivity contribution in [1.29, 1.82) is 0 Å². The minimum Gasteiger partial charge on any atom is -0.319 e. The first kappa shape index (κ1) is 14.7.